The Morgan fingerprint density at radius 2 is 2.00 bits per heavy atom. The van der Waals surface area contributed by atoms with E-state index in [0.29, 0.717) is 5.69 Å². The molecule has 1 heterocycles. The topological polar surface area (TPSA) is 83.0 Å². The molecule has 0 amide bonds. The van der Waals surface area contributed by atoms with Crippen LogP contribution in [0, 0.1) is 12.3 Å². The number of hydrazone groups is 1. The smallest absolute Gasteiger partial charge is 0.274 e. The number of hydrogen-bond donors (Lipinski definition) is 2. The van der Waals surface area contributed by atoms with Crippen LogP contribution in [-0.2, 0) is 0 Å². The van der Waals surface area contributed by atoms with Gasteiger partial charge in [0.25, 0.3) is 5.56 Å². The van der Waals surface area contributed by atoms with Gasteiger partial charge in [0.2, 0.25) is 5.95 Å². The lowest BCUT2D eigenvalue weighted by atomic mass is 9.91. The summed E-state index contributed by atoms with van der Waals surface area (Å²) in [5.41, 5.74) is 3.64. The average Bonchev–Trinajstić information content (AvgIpc) is 2.18. The van der Waals surface area contributed by atoms with Crippen molar-refractivity contribution >= 4 is 11.7 Å². The van der Waals surface area contributed by atoms with Gasteiger partial charge in [-0.15, -0.1) is 10.2 Å². The SMILES string of the molecule is CC(=NNc1nnc(C)c(=O)[nH]1)C(C)(C)C. The maximum Gasteiger partial charge on any atom is 0.274 e. The minimum absolute atomic E-state index is 0.0224. The zero-order valence-electron chi connectivity index (χ0n) is 10.2. The summed E-state index contributed by atoms with van der Waals surface area (Å²) < 4.78 is 0. The largest absolute Gasteiger partial charge is 0.288 e. The average molecular weight is 223 g/mol. The van der Waals surface area contributed by atoms with Crippen LogP contribution in [0.25, 0.3) is 0 Å². The number of hydrogen-bond acceptors (Lipinski definition) is 5. The number of rotatable bonds is 2. The number of H-pyrrole nitrogens is 1. The van der Waals surface area contributed by atoms with Crippen LogP contribution < -0.4 is 11.0 Å². The first-order valence-corrected chi connectivity index (χ1v) is 5.05. The van der Waals surface area contributed by atoms with Crippen LogP contribution in [0.1, 0.15) is 33.4 Å². The van der Waals surface area contributed by atoms with Crippen LogP contribution in [0.5, 0.6) is 0 Å². The molecule has 1 aromatic rings. The molecule has 16 heavy (non-hydrogen) atoms. The zero-order valence-corrected chi connectivity index (χ0v) is 10.2. The van der Waals surface area contributed by atoms with Gasteiger partial charge in [-0.25, -0.2) is 5.43 Å². The van der Waals surface area contributed by atoms with Crippen LogP contribution in [0.15, 0.2) is 9.90 Å². The van der Waals surface area contributed by atoms with E-state index in [1.54, 1.807) is 6.92 Å². The lowest BCUT2D eigenvalue weighted by molar-refractivity contribution is 0.586. The molecule has 0 aromatic carbocycles. The molecule has 88 valence electrons. The van der Waals surface area contributed by atoms with Crippen LogP contribution in [0.2, 0.25) is 0 Å². The molecule has 0 aliphatic heterocycles. The van der Waals surface area contributed by atoms with Crippen LogP contribution in [0.3, 0.4) is 0 Å². The van der Waals surface area contributed by atoms with Gasteiger partial charge in [0.05, 0.1) is 0 Å². The molecule has 0 saturated carbocycles. The van der Waals surface area contributed by atoms with Gasteiger partial charge in [0.15, 0.2) is 0 Å². The van der Waals surface area contributed by atoms with Crippen molar-refractivity contribution in [1.82, 2.24) is 15.2 Å². The second-order valence-corrected chi connectivity index (χ2v) is 4.65. The van der Waals surface area contributed by atoms with Crippen molar-refractivity contribution in [3.63, 3.8) is 0 Å². The maximum absolute atomic E-state index is 11.2. The molecule has 0 unspecified atom stereocenters. The van der Waals surface area contributed by atoms with E-state index in [2.05, 4.69) is 46.5 Å². The molecule has 0 radical (unpaired) electrons. The number of nitrogens with one attached hydrogen (secondary N) is 2. The van der Waals surface area contributed by atoms with E-state index in [-0.39, 0.29) is 16.9 Å². The van der Waals surface area contributed by atoms with Crippen molar-refractivity contribution in [3.05, 3.63) is 16.0 Å². The van der Waals surface area contributed by atoms with Crippen molar-refractivity contribution in [2.24, 2.45) is 10.5 Å². The number of nitrogens with zero attached hydrogens (tertiary/aromatic N) is 3. The molecule has 0 spiro atoms. The fraction of sp³-hybridized carbons (Fsp3) is 0.600. The number of aryl methyl sites for hydroxylation is 1. The molecule has 1 aromatic heterocycles. The van der Waals surface area contributed by atoms with Crippen molar-refractivity contribution in [2.45, 2.75) is 34.6 Å². The van der Waals surface area contributed by atoms with E-state index in [1.165, 1.54) is 0 Å². The normalized spacial score (nSPS) is 12.7. The van der Waals surface area contributed by atoms with E-state index in [9.17, 15) is 4.79 Å². The third kappa shape index (κ3) is 3.15. The number of aromatic amines is 1. The molecule has 2 N–H and O–H groups in total. The Morgan fingerprint density at radius 1 is 1.38 bits per heavy atom. The summed E-state index contributed by atoms with van der Waals surface area (Å²) in [6, 6.07) is 0. The number of aromatic nitrogens is 3. The van der Waals surface area contributed by atoms with Crippen LogP contribution in [0.4, 0.5) is 5.95 Å². The first-order chi connectivity index (χ1) is 7.30. The Kier molecular flexibility index (Phi) is 3.41. The van der Waals surface area contributed by atoms with E-state index in [1.807, 2.05) is 6.92 Å². The summed E-state index contributed by atoms with van der Waals surface area (Å²) in [4.78, 5) is 13.8. The van der Waals surface area contributed by atoms with Crippen molar-refractivity contribution in [3.8, 4) is 0 Å². The van der Waals surface area contributed by atoms with E-state index < -0.39 is 0 Å². The molecule has 6 heteroatoms. The first kappa shape index (κ1) is 12.4. The zero-order chi connectivity index (χ0) is 12.3. The molecule has 0 bridgehead atoms. The van der Waals surface area contributed by atoms with Gasteiger partial charge in [-0.2, -0.15) is 5.10 Å². The van der Waals surface area contributed by atoms with Crippen LogP contribution >= 0.6 is 0 Å². The van der Waals surface area contributed by atoms with Gasteiger partial charge in [0.1, 0.15) is 5.69 Å². The molecule has 0 saturated heterocycles. The lowest BCUT2D eigenvalue weighted by Gasteiger charge is -2.17. The van der Waals surface area contributed by atoms with E-state index >= 15 is 0 Å². The second-order valence-electron chi connectivity index (χ2n) is 4.65. The standard InChI is InChI=1S/C10H17N5O/c1-6-8(16)11-9(14-12-6)15-13-7(2)10(3,4)5/h1-5H3,(H2,11,14,15,16). The second kappa shape index (κ2) is 4.42. The van der Waals surface area contributed by atoms with Crippen molar-refractivity contribution < 1.29 is 0 Å². The van der Waals surface area contributed by atoms with E-state index in [4.69, 9.17) is 0 Å². The molecule has 0 atom stereocenters. The quantitative estimate of drug-likeness (QED) is 0.585. The summed E-state index contributed by atoms with van der Waals surface area (Å²) >= 11 is 0. The lowest BCUT2D eigenvalue weighted by Crippen LogP contribution is -2.20. The van der Waals surface area contributed by atoms with Gasteiger partial charge in [-0.1, -0.05) is 20.8 Å². The van der Waals surface area contributed by atoms with Crippen molar-refractivity contribution in [2.75, 3.05) is 5.43 Å². The minimum atomic E-state index is -0.263. The molecule has 1 rings (SSSR count). The molecule has 6 nitrogen and oxygen atoms in total. The van der Waals surface area contributed by atoms with Gasteiger partial charge >= 0.3 is 0 Å². The Bertz CT molecular complexity index is 455. The predicted octanol–water partition coefficient (Wildman–Crippen LogP) is 1.31. The maximum atomic E-state index is 11.2. The number of anilines is 1. The summed E-state index contributed by atoms with van der Waals surface area (Å²) in [6.45, 7) is 9.66. The third-order valence-electron chi connectivity index (χ3n) is 2.28. The van der Waals surface area contributed by atoms with E-state index in [0.717, 1.165) is 5.71 Å². The first-order valence-electron chi connectivity index (χ1n) is 5.05. The molecule has 0 fully saturated rings. The third-order valence-corrected chi connectivity index (χ3v) is 2.28. The Labute approximate surface area is 94.2 Å². The summed E-state index contributed by atoms with van der Waals surface area (Å²) in [5.74, 6) is 0.249. The summed E-state index contributed by atoms with van der Waals surface area (Å²) in [7, 11) is 0. The fourth-order valence-corrected chi connectivity index (χ4v) is 0.748. The van der Waals surface area contributed by atoms with Gasteiger partial charge < -0.3 is 0 Å². The predicted molar refractivity (Wildman–Crippen MR) is 63.6 cm³/mol. The highest BCUT2D eigenvalue weighted by atomic mass is 16.1. The van der Waals surface area contributed by atoms with Gasteiger partial charge in [-0.3, -0.25) is 9.78 Å². The molecule has 0 aliphatic rings. The summed E-state index contributed by atoms with van der Waals surface area (Å²) in [5, 5.41) is 11.6. The Balaban J connectivity index is 2.83. The minimum Gasteiger partial charge on any atom is -0.288 e. The Hall–Kier alpha value is -1.72. The molecular weight excluding hydrogens is 206 g/mol. The molecular formula is C10H17N5O. The highest BCUT2D eigenvalue weighted by Gasteiger charge is 2.14. The monoisotopic (exact) mass is 223 g/mol. The Morgan fingerprint density at radius 3 is 2.50 bits per heavy atom. The van der Waals surface area contributed by atoms with Crippen molar-refractivity contribution in [1.29, 1.82) is 0 Å². The molecule has 0 aliphatic carbocycles. The summed E-state index contributed by atoms with van der Waals surface area (Å²) in [6.07, 6.45) is 0. The van der Waals surface area contributed by atoms with Crippen LogP contribution in [-0.4, -0.2) is 20.9 Å². The highest BCUT2D eigenvalue weighted by Crippen LogP contribution is 2.15. The fourth-order valence-electron chi connectivity index (χ4n) is 0.748. The van der Waals surface area contributed by atoms with Gasteiger partial charge in [0, 0.05) is 11.1 Å². The highest BCUT2D eigenvalue weighted by molar-refractivity contribution is 5.87. The van der Waals surface area contributed by atoms with Gasteiger partial charge in [-0.05, 0) is 13.8 Å².